The van der Waals surface area contributed by atoms with Crippen LogP contribution in [0.4, 0.5) is 5.69 Å². The molecular weight excluding hydrogens is 264 g/mol. The third kappa shape index (κ3) is 3.42. The average Bonchev–Trinajstić information content (AvgIpc) is 2.80. The molecular formula is C16H22N4O. The number of nitrogens with two attached hydrogens (primary N) is 1. The molecule has 1 amide bonds. The molecule has 0 saturated heterocycles. The summed E-state index contributed by atoms with van der Waals surface area (Å²) in [5.74, 6) is 0.0271. The van der Waals surface area contributed by atoms with Crippen molar-refractivity contribution in [2.24, 2.45) is 7.05 Å². The highest BCUT2D eigenvalue weighted by molar-refractivity contribution is 5.95. The lowest BCUT2D eigenvalue weighted by Gasteiger charge is -2.22. The minimum atomic E-state index is 0.0271. The number of rotatable bonds is 5. The van der Waals surface area contributed by atoms with Crippen LogP contribution in [0.15, 0.2) is 30.5 Å². The van der Waals surface area contributed by atoms with Gasteiger partial charge < -0.3 is 10.6 Å². The van der Waals surface area contributed by atoms with Crippen molar-refractivity contribution in [1.82, 2.24) is 14.7 Å². The molecule has 112 valence electrons. The van der Waals surface area contributed by atoms with Crippen LogP contribution in [0, 0.1) is 6.92 Å². The van der Waals surface area contributed by atoms with Gasteiger partial charge in [0.15, 0.2) is 0 Å². The molecule has 0 unspecified atom stereocenters. The van der Waals surface area contributed by atoms with Crippen LogP contribution >= 0.6 is 0 Å². The van der Waals surface area contributed by atoms with Crippen LogP contribution in [0.1, 0.15) is 35.0 Å². The monoisotopic (exact) mass is 286 g/mol. The van der Waals surface area contributed by atoms with Crippen LogP contribution in [0.2, 0.25) is 0 Å². The van der Waals surface area contributed by atoms with Gasteiger partial charge in [0.05, 0.1) is 11.8 Å². The Bertz CT molecular complexity index is 616. The number of hydrogen-bond donors (Lipinski definition) is 1. The molecule has 0 aliphatic heterocycles. The van der Waals surface area contributed by atoms with Crippen LogP contribution in [0.25, 0.3) is 0 Å². The molecule has 2 rings (SSSR count). The largest absolute Gasteiger partial charge is 0.399 e. The Kier molecular flexibility index (Phi) is 4.62. The molecule has 0 bridgehead atoms. The number of carbonyl (C=O) groups is 1. The third-order valence-electron chi connectivity index (χ3n) is 3.60. The minimum absolute atomic E-state index is 0.0271. The second-order valence-electron chi connectivity index (χ2n) is 5.24. The van der Waals surface area contributed by atoms with Gasteiger partial charge >= 0.3 is 0 Å². The molecule has 1 aromatic carbocycles. The maximum atomic E-state index is 12.7. The SMILES string of the molecule is CCCN(Cc1ccc(N)cc1)C(=O)c1cnn(C)c1C. The van der Waals surface area contributed by atoms with E-state index in [9.17, 15) is 4.79 Å². The van der Waals surface area contributed by atoms with E-state index in [1.165, 1.54) is 0 Å². The summed E-state index contributed by atoms with van der Waals surface area (Å²) in [4.78, 5) is 14.5. The molecule has 21 heavy (non-hydrogen) atoms. The lowest BCUT2D eigenvalue weighted by Crippen LogP contribution is -2.31. The van der Waals surface area contributed by atoms with Crippen LogP contribution in [-0.4, -0.2) is 27.1 Å². The number of hydrogen-bond acceptors (Lipinski definition) is 3. The zero-order valence-electron chi connectivity index (χ0n) is 12.8. The van der Waals surface area contributed by atoms with E-state index in [-0.39, 0.29) is 5.91 Å². The highest BCUT2D eigenvalue weighted by atomic mass is 16.2. The summed E-state index contributed by atoms with van der Waals surface area (Å²) in [6.45, 7) is 5.28. The van der Waals surface area contributed by atoms with Gasteiger partial charge in [0.2, 0.25) is 0 Å². The highest BCUT2D eigenvalue weighted by Crippen LogP contribution is 2.14. The molecule has 0 radical (unpaired) electrons. The number of nitrogens with zero attached hydrogens (tertiary/aromatic N) is 3. The standard InChI is InChI=1S/C16H22N4O/c1-4-9-20(11-13-5-7-14(17)8-6-13)16(21)15-10-18-19(3)12(15)2/h5-8,10H,4,9,11,17H2,1-3H3. The zero-order valence-corrected chi connectivity index (χ0v) is 12.8. The van der Waals surface area contributed by atoms with E-state index in [0.717, 1.165) is 29.9 Å². The molecule has 5 heteroatoms. The second-order valence-corrected chi connectivity index (χ2v) is 5.24. The molecule has 0 aliphatic rings. The van der Waals surface area contributed by atoms with Crippen molar-refractivity contribution in [3.8, 4) is 0 Å². The molecule has 1 aromatic heterocycles. The Balaban J connectivity index is 2.20. The first-order valence-corrected chi connectivity index (χ1v) is 7.15. The van der Waals surface area contributed by atoms with Crippen LogP contribution in [-0.2, 0) is 13.6 Å². The molecule has 0 aliphatic carbocycles. The molecule has 0 saturated carbocycles. The lowest BCUT2D eigenvalue weighted by molar-refractivity contribution is 0.0742. The average molecular weight is 286 g/mol. The highest BCUT2D eigenvalue weighted by Gasteiger charge is 2.19. The molecule has 0 spiro atoms. The van der Waals surface area contributed by atoms with E-state index in [0.29, 0.717) is 12.1 Å². The predicted octanol–water partition coefficient (Wildman–Crippen LogP) is 2.36. The van der Waals surface area contributed by atoms with E-state index in [1.54, 1.807) is 10.9 Å². The summed E-state index contributed by atoms with van der Waals surface area (Å²) in [5.41, 5.74) is 9.06. The van der Waals surface area contributed by atoms with Crippen molar-refractivity contribution in [2.75, 3.05) is 12.3 Å². The van der Waals surface area contributed by atoms with E-state index < -0.39 is 0 Å². The lowest BCUT2D eigenvalue weighted by atomic mass is 10.1. The first-order valence-electron chi connectivity index (χ1n) is 7.15. The summed E-state index contributed by atoms with van der Waals surface area (Å²) in [6, 6.07) is 7.64. The first kappa shape index (κ1) is 15.1. The maximum Gasteiger partial charge on any atom is 0.257 e. The van der Waals surface area contributed by atoms with Crippen LogP contribution in [0.5, 0.6) is 0 Å². The van der Waals surface area contributed by atoms with Crippen molar-refractivity contribution in [3.63, 3.8) is 0 Å². The topological polar surface area (TPSA) is 64.2 Å². The molecule has 2 aromatic rings. The van der Waals surface area contributed by atoms with Gasteiger partial charge in [0.25, 0.3) is 5.91 Å². The predicted molar refractivity (Wildman–Crippen MR) is 83.8 cm³/mol. The third-order valence-corrected chi connectivity index (χ3v) is 3.60. The van der Waals surface area contributed by atoms with Gasteiger partial charge in [0.1, 0.15) is 0 Å². The van der Waals surface area contributed by atoms with Crippen molar-refractivity contribution in [1.29, 1.82) is 0 Å². The van der Waals surface area contributed by atoms with Gasteiger partial charge in [-0.3, -0.25) is 9.48 Å². The molecule has 1 heterocycles. The maximum absolute atomic E-state index is 12.7. The molecule has 2 N–H and O–H groups in total. The Labute approximate surface area is 125 Å². The summed E-state index contributed by atoms with van der Waals surface area (Å²) >= 11 is 0. The Morgan fingerprint density at radius 2 is 2.00 bits per heavy atom. The Hall–Kier alpha value is -2.30. The number of carbonyl (C=O) groups excluding carboxylic acids is 1. The van der Waals surface area contributed by atoms with Crippen molar-refractivity contribution in [2.45, 2.75) is 26.8 Å². The number of nitrogen functional groups attached to an aromatic ring is 1. The van der Waals surface area contributed by atoms with Gasteiger partial charge in [-0.15, -0.1) is 0 Å². The normalized spacial score (nSPS) is 10.6. The minimum Gasteiger partial charge on any atom is -0.399 e. The number of aromatic nitrogens is 2. The molecule has 5 nitrogen and oxygen atoms in total. The summed E-state index contributed by atoms with van der Waals surface area (Å²) in [5, 5.41) is 4.15. The smallest absolute Gasteiger partial charge is 0.257 e. The van der Waals surface area contributed by atoms with Gasteiger partial charge in [0, 0.05) is 31.5 Å². The van der Waals surface area contributed by atoms with Crippen molar-refractivity contribution >= 4 is 11.6 Å². The number of anilines is 1. The Morgan fingerprint density at radius 1 is 1.33 bits per heavy atom. The molecule has 0 atom stereocenters. The number of amides is 1. The van der Waals surface area contributed by atoms with E-state index in [1.807, 2.05) is 43.1 Å². The number of benzene rings is 1. The van der Waals surface area contributed by atoms with E-state index >= 15 is 0 Å². The number of aryl methyl sites for hydroxylation is 1. The summed E-state index contributed by atoms with van der Waals surface area (Å²) < 4.78 is 1.72. The van der Waals surface area contributed by atoms with E-state index in [4.69, 9.17) is 5.73 Å². The fraction of sp³-hybridized carbons (Fsp3) is 0.375. The van der Waals surface area contributed by atoms with Gasteiger partial charge in [-0.25, -0.2) is 0 Å². The quantitative estimate of drug-likeness (QED) is 0.858. The second kappa shape index (κ2) is 6.43. The Morgan fingerprint density at radius 3 is 2.52 bits per heavy atom. The van der Waals surface area contributed by atoms with E-state index in [2.05, 4.69) is 12.0 Å². The van der Waals surface area contributed by atoms with Crippen LogP contribution in [0.3, 0.4) is 0 Å². The van der Waals surface area contributed by atoms with Crippen molar-refractivity contribution in [3.05, 3.63) is 47.3 Å². The summed E-state index contributed by atoms with van der Waals surface area (Å²) in [7, 11) is 1.84. The van der Waals surface area contributed by atoms with Crippen molar-refractivity contribution < 1.29 is 4.79 Å². The summed E-state index contributed by atoms with van der Waals surface area (Å²) in [6.07, 6.45) is 2.56. The fourth-order valence-electron chi connectivity index (χ4n) is 2.24. The first-order chi connectivity index (χ1) is 10.0. The van der Waals surface area contributed by atoms with Crippen LogP contribution < -0.4 is 5.73 Å². The zero-order chi connectivity index (χ0) is 15.4. The fourth-order valence-corrected chi connectivity index (χ4v) is 2.24. The van der Waals surface area contributed by atoms with Gasteiger partial charge in [-0.05, 0) is 31.0 Å². The molecule has 0 fully saturated rings. The van der Waals surface area contributed by atoms with Gasteiger partial charge in [-0.2, -0.15) is 5.10 Å². The van der Waals surface area contributed by atoms with Gasteiger partial charge in [-0.1, -0.05) is 19.1 Å².